The second kappa shape index (κ2) is 6.83. The van der Waals surface area contributed by atoms with Crippen LogP contribution in [0.1, 0.15) is 22.9 Å². The van der Waals surface area contributed by atoms with Gasteiger partial charge in [0.1, 0.15) is 0 Å². The molecule has 0 bridgehead atoms. The van der Waals surface area contributed by atoms with Gasteiger partial charge in [-0.25, -0.2) is 4.68 Å². The smallest absolute Gasteiger partial charge is 0.240 e. The van der Waals surface area contributed by atoms with Crippen LogP contribution < -0.4 is 0 Å². The van der Waals surface area contributed by atoms with Gasteiger partial charge in [0, 0.05) is 4.88 Å². The quantitative estimate of drug-likeness (QED) is 0.474. The molecule has 7 nitrogen and oxygen atoms in total. The van der Waals surface area contributed by atoms with Crippen molar-refractivity contribution >= 4 is 34.4 Å². The van der Waals surface area contributed by atoms with Crippen LogP contribution in [-0.4, -0.2) is 30.3 Å². The Labute approximate surface area is 149 Å². The minimum absolute atomic E-state index is 0.0423. The lowest BCUT2D eigenvalue weighted by Crippen LogP contribution is -2.03. The maximum absolute atomic E-state index is 5.39. The first-order valence-corrected chi connectivity index (χ1v) is 9.76. The summed E-state index contributed by atoms with van der Waals surface area (Å²) < 4.78 is 7.17. The van der Waals surface area contributed by atoms with Gasteiger partial charge in [0.05, 0.1) is 16.7 Å². The highest BCUT2D eigenvalue weighted by Gasteiger charge is 2.20. The molecule has 4 rings (SSSR count). The van der Waals surface area contributed by atoms with Gasteiger partial charge in [0.2, 0.25) is 16.9 Å². The lowest BCUT2D eigenvalue weighted by molar-refractivity contribution is 0.380. The van der Waals surface area contributed by atoms with Gasteiger partial charge < -0.3 is 4.52 Å². The van der Waals surface area contributed by atoms with E-state index in [-0.39, 0.29) is 5.25 Å². The molecule has 0 aliphatic carbocycles. The van der Waals surface area contributed by atoms with Gasteiger partial charge >= 0.3 is 0 Å². The van der Waals surface area contributed by atoms with Crippen molar-refractivity contribution in [3.8, 4) is 10.7 Å². The van der Waals surface area contributed by atoms with Crippen LogP contribution >= 0.6 is 34.4 Å². The Morgan fingerprint density at radius 3 is 2.92 bits per heavy atom. The van der Waals surface area contributed by atoms with Gasteiger partial charge in [-0.05, 0) is 40.2 Å². The van der Waals surface area contributed by atoms with Crippen LogP contribution in [0, 0.1) is 0 Å². The van der Waals surface area contributed by atoms with Crippen LogP contribution in [0.3, 0.4) is 0 Å². The highest BCUT2D eigenvalue weighted by Crippen LogP contribution is 2.34. The number of rotatable bonds is 6. The number of aromatic nitrogens is 6. The zero-order chi connectivity index (χ0) is 16.4. The van der Waals surface area contributed by atoms with Crippen molar-refractivity contribution in [2.24, 2.45) is 0 Å². The molecule has 10 heteroatoms. The van der Waals surface area contributed by atoms with E-state index in [0.717, 1.165) is 10.0 Å². The minimum atomic E-state index is -0.0423. The van der Waals surface area contributed by atoms with Crippen LogP contribution in [0.4, 0.5) is 0 Å². The lowest BCUT2D eigenvalue weighted by Gasteiger charge is -2.06. The second-order valence-corrected chi connectivity index (χ2v) is 8.18. The largest absolute Gasteiger partial charge is 0.338 e. The molecule has 0 spiro atoms. The molecule has 4 aromatic heterocycles. The van der Waals surface area contributed by atoms with Crippen LogP contribution in [0.2, 0.25) is 0 Å². The summed E-state index contributed by atoms with van der Waals surface area (Å²) in [6, 6.07) is 8.02. The molecule has 1 atom stereocenters. The number of nitrogens with zero attached hydrogens (tertiary/aromatic N) is 6. The Morgan fingerprint density at radius 2 is 2.12 bits per heavy atom. The van der Waals surface area contributed by atoms with Gasteiger partial charge in [-0.15, -0.1) is 27.8 Å². The fourth-order valence-corrected chi connectivity index (χ4v) is 4.20. The Bertz CT molecular complexity index is 899. The van der Waals surface area contributed by atoms with Gasteiger partial charge in [-0.1, -0.05) is 29.1 Å². The van der Waals surface area contributed by atoms with E-state index < -0.39 is 0 Å². The average Bonchev–Trinajstić information content (AvgIpc) is 3.37. The molecule has 0 aliphatic rings. The molecule has 1 unspecified atom stereocenters. The Balaban J connectivity index is 1.49. The molecule has 0 saturated carbocycles. The molecule has 0 radical (unpaired) electrons. The van der Waals surface area contributed by atoms with E-state index in [1.807, 2.05) is 35.9 Å². The molecule has 4 heterocycles. The van der Waals surface area contributed by atoms with Crippen molar-refractivity contribution in [1.82, 2.24) is 30.3 Å². The zero-order valence-electron chi connectivity index (χ0n) is 12.6. The Hall–Kier alpha value is -2.04. The summed E-state index contributed by atoms with van der Waals surface area (Å²) in [6.07, 6.45) is 0. The SMILES string of the molecule is CC(Sc1nnnn1Cc1cccs1)c1nc(-c2cccs2)no1. The monoisotopic (exact) mass is 376 g/mol. The van der Waals surface area contributed by atoms with E-state index in [1.54, 1.807) is 27.4 Å². The number of thioether (sulfide) groups is 1. The minimum Gasteiger partial charge on any atom is -0.338 e. The van der Waals surface area contributed by atoms with Gasteiger partial charge in [-0.2, -0.15) is 4.98 Å². The summed E-state index contributed by atoms with van der Waals surface area (Å²) in [7, 11) is 0. The summed E-state index contributed by atoms with van der Waals surface area (Å²) in [5.74, 6) is 1.18. The Kier molecular flexibility index (Phi) is 4.41. The lowest BCUT2D eigenvalue weighted by atomic mass is 10.4. The molecule has 0 aromatic carbocycles. The number of tetrazole rings is 1. The highest BCUT2D eigenvalue weighted by atomic mass is 32.2. The average molecular weight is 376 g/mol. The first kappa shape index (κ1) is 15.5. The third-order valence-corrected chi connectivity index (χ3v) is 5.98. The molecule has 0 aliphatic heterocycles. The third kappa shape index (κ3) is 3.25. The van der Waals surface area contributed by atoms with E-state index in [1.165, 1.54) is 16.6 Å². The predicted molar refractivity (Wildman–Crippen MR) is 93.1 cm³/mol. The first-order chi connectivity index (χ1) is 11.8. The van der Waals surface area contributed by atoms with Crippen molar-refractivity contribution in [2.75, 3.05) is 0 Å². The summed E-state index contributed by atoms with van der Waals surface area (Å²) >= 11 is 4.77. The molecule has 24 heavy (non-hydrogen) atoms. The van der Waals surface area contributed by atoms with Crippen molar-refractivity contribution < 1.29 is 4.52 Å². The molecule has 0 fully saturated rings. The van der Waals surface area contributed by atoms with E-state index in [9.17, 15) is 0 Å². The van der Waals surface area contributed by atoms with Gasteiger partial charge in [-0.3, -0.25) is 0 Å². The van der Waals surface area contributed by atoms with Crippen LogP contribution in [0.15, 0.2) is 44.7 Å². The van der Waals surface area contributed by atoms with Crippen molar-refractivity contribution in [3.63, 3.8) is 0 Å². The van der Waals surface area contributed by atoms with Crippen molar-refractivity contribution in [3.05, 3.63) is 45.8 Å². The van der Waals surface area contributed by atoms with Crippen LogP contribution in [-0.2, 0) is 6.54 Å². The topological polar surface area (TPSA) is 82.5 Å². The first-order valence-electron chi connectivity index (χ1n) is 7.12. The zero-order valence-corrected chi connectivity index (χ0v) is 15.0. The fourth-order valence-electron chi connectivity index (χ4n) is 2.04. The molecule has 0 N–H and O–H groups in total. The summed E-state index contributed by atoms with van der Waals surface area (Å²) in [6.45, 7) is 2.66. The summed E-state index contributed by atoms with van der Waals surface area (Å²) in [5, 5.41) is 20.7. The number of hydrogen-bond donors (Lipinski definition) is 0. The van der Waals surface area contributed by atoms with Crippen molar-refractivity contribution in [2.45, 2.75) is 23.9 Å². The Morgan fingerprint density at radius 1 is 1.25 bits per heavy atom. The predicted octanol–water partition coefficient (Wildman–Crippen LogP) is 3.75. The normalized spacial score (nSPS) is 12.5. The van der Waals surface area contributed by atoms with E-state index in [0.29, 0.717) is 18.3 Å². The highest BCUT2D eigenvalue weighted by molar-refractivity contribution is 7.99. The third-order valence-electron chi connectivity index (χ3n) is 3.20. The molecule has 0 saturated heterocycles. The molecule has 122 valence electrons. The standard InChI is InChI=1S/C14H12N6OS3/c1-9(13-15-12(17-21-13)11-5-3-7-23-11)24-14-16-18-19-20(14)8-10-4-2-6-22-10/h2-7,9H,8H2,1H3. The maximum atomic E-state index is 5.39. The van der Waals surface area contributed by atoms with Gasteiger partial charge in [0.15, 0.2) is 0 Å². The summed E-state index contributed by atoms with van der Waals surface area (Å²) in [5.41, 5.74) is 0. The van der Waals surface area contributed by atoms with Crippen LogP contribution in [0.5, 0.6) is 0 Å². The molecular formula is C14H12N6OS3. The summed E-state index contributed by atoms with van der Waals surface area (Å²) in [4.78, 5) is 6.67. The fraction of sp³-hybridized carbons (Fsp3) is 0.214. The molecule has 0 amide bonds. The van der Waals surface area contributed by atoms with E-state index in [2.05, 4.69) is 31.7 Å². The molecule has 4 aromatic rings. The maximum Gasteiger partial charge on any atom is 0.240 e. The second-order valence-electron chi connectivity index (χ2n) is 4.89. The number of hydrogen-bond acceptors (Lipinski definition) is 9. The van der Waals surface area contributed by atoms with E-state index >= 15 is 0 Å². The van der Waals surface area contributed by atoms with Gasteiger partial charge in [0.25, 0.3) is 0 Å². The van der Waals surface area contributed by atoms with Crippen molar-refractivity contribution in [1.29, 1.82) is 0 Å². The molecular weight excluding hydrogens is 364 g/mol. The van der Waals surface area contributed by atoms with E-state index in [4.69, 9.17) is 4.52 Å². The van der Waals surface area contributed by atoms with Crippen LogP contribution in [0.25, 0.3) is 10.7 Å². The number of thiophene rings is 2.